The molecule has 21 heavy (non-hydrogen) atoms. The van der Waals surface area contributed by atoms with Crippen molar-refractivity contribution in [1.29, 1.82) is 0 Å². The highest BCUT2D eigenvalue weighted by molar-refractivity contribution is 5.98. The van der Waals surface area contributed by atoms with Gasteiger partial charge in [0, 0.05) is 19.8 Å². The van der Waals surface area contributed by atoms with E-state index < -0.39 is 0 Å². The minimum absolute atomic E-state index is 0.349. The van der Waals surface area contributed by atoms with E-state index in [1.807, 2.05) is 0 Å². The Morgan fingerprint density at radius 2 is 2.24 bits per heavy atom. The van der Waals surface area contributed by atoms with Gasteiger partial charge >= 0.3 is 5.97 Å². The summed E-state index contributed by atoms with van der Waals surface area (Å²) in [5, 5.41) is 3.22. The zero-order chi connectivity index (χ0) is 15.1. The molecule has 0 bridgehead atoms. The quantitative estimate of drug-likeness (QED) is 0.416. The highest BCUT2D eigenvalue weighted by Gasteiger charge is 2.20. The molecular weight excluding hydrogens is 268 g/mol. The Bertz CT molecular complexity index is 473. The number of nitrogen functional groups attached to an aromatic ring is 1. The van der Waals surface area contributed by atoms with Crippen molar-refractivity contribution in [2.24, 2.45) is 5.92 Å². The number of esters is 1. The van der Waals surface area contributed by atoms with Crippen LogP contribution in [0.5, 0.6) is 0 Å². The van der Waals surface area contributed by atoms with Crippen LogP contribution in [0.2, 0.25) is 0 Å². The Labute approximate surface area is 125 Å². The van der Waals surface area contributed by atoms with Crippen molar-refractivity contribution in [3.05, 3.63) is 23.8 Å². The molecule has 0 amide bonds. The number of carbonyl (C=O) groups is 1. The van der Waals surface area contributed by atoms with Crippen LogP contribution in [0.25, 0.3) is 0 Å². The summed E-state index contributed by atoms with van der Waals surface area (Å²) in [5.74, 6) is 0.440. The molecule has 1 saturated carbocycles. The van der Waals surface area contributed by atoms with Gasteiger partial charge in [-0.15, -0.1) is 0 Å². The van der Waals surface area contributed by atoms with E-state index >= 15 is 0 Å². The monoisotopic (exact) mass is 292 g/mol. The van der Waals surface area contributed by atoms with E-state index in [2.05, 4.69) is 5.32 Å². The third-order valence-electron chi connectivity index (χ3n) is 3.41. The van der Waals surface area contributed by atoms with Crippen molar-refractivity contribution >= 4 is 17.3 Å². The number of ether oxygens (including phenoxy) is 2. The predicted octanol–water partition coefficient (Wildman–Crippen LogP) is 2.67. The second-order valence-corrected chi connectivity index (χ2v) is 5.29. The zero-order valence-electron chi connectivity index (χ0n) is 12.6. The van der Waals surface area contributed by atoms with Crippen LogP contribution in [0, 0.1) is 5.92 Å². The van der Waals surface area contributed by atoms with E-state index in [4.69, 9.17) is 15.2 Å². The summed E-state index contributed by atoms with van der Waals surface area (Å²) in [6.07, 6.45) is 3.49. The average Bonchev–Trinajstić information content (AvgIpc) is 3.28. The minimum atomic E-state index is -0.350. The molecule has 1 aromatic rings. The molecule has 0 aromatic heterocycles. The molecule has 0 atom stereocenters. The number of nitrogens with one attached hydrogen (secondary N) is 1. The van der Waals surface area contributed by atoms with Gasteiger partial charge in [-0.05, 0) is 44.2 Å². The zero-order valence-corrected chi connectivity index (χ0v) is 12.6. The third-order valence-corrected chi connectivity index (χ3v) is 3.41. The van der Waals surface area contributed by atoms with E-state index in [0.29, 0.717) is 30.1 Å². The first-order valence-electron chi connectivity index (χ1n) is 7.59. The van der Waals surface area contributed by atoms with E-state index in [1.165, 1.54) is 12.8 Å². The summed E-state index contributed by atoms with van der Waals surface area (Å²) < 4.78 is 10.6. The molecule has 0 unspecified atom stereocenters. The van der Waals surface area contributed by atoms with Crippen molar-refractivity contribution in [2.75, 3.05) is 37.4 Å². The largest absolute Gasteiger partial charge is 0.462 e. The SMILES string of the molecule is CCOC(=O)c1cccc(N)c1NCCCOCC1CC1. The van der Waals surface area contributed by atoms with Gasteiger partial charge in [0.15, 0.2) is 0 Å². The van der Waals surface area contributed by atoms with Crippen LogP contribution in [0.1, 0.15) is 36.5 Å². The standard InChI is InChI=1S/C16H24N2O3/c1-2-21-16(19)13-5-3-6-14(17)15(13)18-9-4-10-20-11-12-7-8-12/h3,5-6,12,18H,2,4,7-11,17H2,1H3. The Morgan fingerprint density at radius 3 is 2.95 bits per heavy atom. The summed E-state index contributed by atoms with van der Waals surface area (Å²) in [6, 6.07) is 5.25. The molecule has 5 nitrogen and oxygen atoms in total. The molecule has 1 aromatic carbocycles. The van der Waals surface area contributed by atoms with Crippen molar-refractivity contribution in [2.45, 2.75) is 26.2 Å². The predicted molar refractivity (Wildman–Crippen MR) is 83.5 cm³/mol. The fraction of sp³-hybridized carbons (Fsp3) is 0.562. The molecule has 0 spiro atoms. The number of hydrogen-bond acceptors (Lipinski definition) is 5. The lowest BCUT2D eigenvalue weighted by atomic mass is 10.1. The van der Waals surface area contributed by atoms with Gasteiger partial charge in [-0.25, -0.2) is 4.79 Å². The summed E-state index contributed by atoms with van der Waals surface area (Å²) in [6.45, 7) is 4.45. The second kappa shape index (κ2) is 7.88. The summed E-state index contributed by atoms with van der Waals surface area (Å²) in [4.78, 5) is 11.9. The first-order chi connectivity index (χ1) is 10.2. The second-order valence-electron chi connectivity index (χ2n) is 5.29. The Hall–Kier alpha value is -1.75. The number of carbonyl (C=O) groups excluding carboxylic acids is 1. The molecule has 0 heterocycles. The molecule has 2 rings (SSSR count). The maximum absolute atomic E-state index is 11.9. The number of nitrogens with two attached hydrogens (primary N) is 1. The molecule has 0 saturated heterocycles. The number of benzene rings is 1. The number of anilines is 2. The molecule has 1 fully saturated rings. The van der Waals surface area contributed by atoms with Crippen LogP contribution in [0.15, 0.2) is 18.2 Å². The molecule has 5 heteroatoms. The molecular formula is C16H24N2O3. The summed E-state index contributed by atoms with van der Waals surface area (Å²) in [7, 11) is 0. The van der Waals surface area contributed by atoms with Gasteiger partial charge in [-0.3, -0.25) is 0 Å². The number of rotatable bonds is 9. The fourth-order valence-electron chi connectivity index (χ4n) is 2.07. The average molecular weight is 292 g/mol. The first-order valence-corrected chi connectivity index (χ1v) is 7.59. The van der Waals surface area contributed by atoms with Crippen LogP contribution in [-0.2, 0) is 9.47 Å². The fourth-order valence-corrected chi connectivity index (χ4v) is 2.07. The van der Waals surface area contributed by atoms with Crippen molar-refractivity contribution < 1.29 is 14.3 Å². The normalized spacial score (nSPS) is 14.0. The lowest BCUT2D eigenvalue weighted by Gasteiger charge is -2.13. The highest BCUT2D eigenvalue weighted by Crippen LogP contribution is 2.28. The number of hydrogen-bond donors (Lipinski definition) is 2. The summed E-state index contributed by atoms with van der Waals surface area (Å²) >= 11 is 0. The lowest BCUT2D eigenvalue weighted by molar-refractivity contribution is 0.0527. The molecule has 1 aliphatic carbocycles. The van der Waals surface area contributed by atoms with Crippen LogP contribution in [-0.4, -0.2) is 32.3 Å². The first kappa shape index (κ1) is 15.6. The summed E-state index contributed by atoms with van der Waals surface area (Å²) in [5.41, 5.74) is 7.63. The molecule has 0 aliphatic heterocycles. The molecule has 1 aliphatic rings. The molecule has 116 valence electrons. The van der Waals surface area contributed by atoms with Gasteiger partial charge in [0.05, 0.1) is 23.5 Å². The Morgan fingerprint density at radius 1 is 1.43 bits per heavy atom. The van der Waals surface area contributed by atoms with Crippen LogP contribution >= 0.6 is 0 Å². The number of para-hydroxylation sites is 1. The smallest absolute Gasteiger partial charge is 0.340 e. The molecule has 3 N–H and O–H groups in total. The van der Waals surface area contributed by atoms with Gasteiger partial charge in [0.1, 0.15) is 0 Å². The van der Waals surface area contributed by atoms with E-state index in [-0.39, 0.29) is 5.97 Å². The molecule has 0 radical (unpaired) electrons. The van der Waals surface area contributed by atoms with Crippen LogP contribution < -0.4 is 11.1 Å². The van der Waals surface area contributed by atoms with E-state index in [9.17, 15) is 4.79 Å². The van der Waals surface area contributed by atoms with Gasteiger partial charge in [0.25, 0.3) is 0 Å². The Balaban J connectivity index is 1.81. The van der Waals surface area contributed by atoms with Crippen molar-refractivity contribution in [3.8, 4) is 0 Å². The maximum atomic E-state index is 11.9. The van der Waals surface area contributed by atoms with E-state index in [0.717, 1.165) is 25.6 Å². The minimum Gasteiger partial charge on any atom is -0.462 e. The topological polar surface area (TPSA) is 73.6 Å². The van der Waals surface area contributed by atoms with Crippen LogP contribution in [0.4, 0.5) is 11.4 Å². The van der Waals surface area contributed by atoms with Crippen molar-refractivity contribution in [3.63, 3.8) is 0 Å². The van der Waals surface area contributed by atoms with Crippen LogP contribution in [0.3, 0.4) is 0 Å². The van der Waals surface area contributed by atoms with Gasteiger partial charge in [-0.2, -0.15) is 0 Å². The third kappa shape index (κ3) is 4.93. The highest BCUT2D eigenvalue weighted by atomic mass is 16.5. The van der Waals surface area contributed by atoms with Crippen molar-refractivity contribution in [1.82, 2.24) is 0 Å². The lowest BCUT2D eigenvalue weighted by Crippen LogP contribution is -2.13. The van der Waals surface area contributed by atoms with Gasteiger partial charge in [0.2, 0.25) is 0 Å². The van der Waals surface area contributed by atoms with Gasteiger partial charge < -0.3 is 20.5 Å². The van der Waals surface area contributed by atoms with Gasteiger partial charge in [-0.1, -0.05) is 6.07 Å². The Kier molecular flexibility index (Phi) is 5.87. The maximum Gasteiger partial charge on any atom is 0.340 e. The van der Waals surface area contributed by atoms with E-state index in [1.54, 1.807) is 25.1 Å².